The number of aromatic nitrogens is 1. The van der Waals surface area contributed by atoms with Crippen molar-refractivity contribution in [2.45, 2.75) is 31.9 Å². The second kappa shape index (κ2) is 3.49. The number of anilines is 1. The highest BCUT2D eigenvalue weighted by Gasteiger charge is 2.42. The van der Waals surface area contributed by atoms with Crippen molar-refractivity contribution in [1.29, 1.82) is 0 Å². The lowest BCUT2D eigenvalue weighted by Crippen LogP contribution is -2.33. The van der Waals surface area contributed by atoms with Gasteiger partial charge < -0.3 is 9.64 Å². The van der Waals surface area contributed by atoms with Crippen LogP contribution in [0.3, 0.4) is 0 Å². The molecule has 3 heteroatoms. The fourth-order valence-electron chi connectivity index (χ4n) is 2.35. The fourth-order valence-corrected chi connectivity index (χ4v) is 2.35. The Morgan fingerprint density at radius 1 is 1.40 bits per heavy atom. The number of hydrogen-bond donors (Lipinski definition) is 0. The van der Waals surface area contributed by atoms with E-state index in [4.69, 9.17) is 4.74 Å². The second-order valence-corrected chi connectivity index (χ2v) is 4.50. The van der Waals surface area contributed by atoms with Crippen molar-refractivity contribution in [3.8, 4) is 0 Å². The molecule has 3 nitrogen and oxygen atoms in total. The van der Waals surface area contributed by atoms with Crippen LogP contribution >= 0.6 is 0 Å². The van der Waals surface area contributed by atoms with Gasteiger partial charge in [0, 0.05) is 6.20 Å². The highest BCUT2D eigenvalue weighted by atomic mass is 16.5. The lowest BCUT2D eigenvalue weighted by Gasteiger charge is -2.22. The maximum atomic E-state index is 5.84. The van der Waals surface area contributed by atoms with Crippen LogP contribution in [0.5, 0.6) is 0 Å². The number of pyridine rings is 1. The minimum absolute atomic E-state index is 0.423. The SMILES string of the molecule is CC1C(C2CC2)OCN1c1ccccn1. The van der Waals surface area contributed by atoms with E-state index in [1.165, 1.54) is 12.8 Å². The van der Waals surface area contributed by atoms with Crippen molar-refractivity contribution in [2.75, 3.05) is 11.6 Å². The molecule has 0 aromatic carbocycles. The van der Waals surface area contributed by atoms with E-state index in [1.807, 2.05) is 18.3 Å². The molecule has 2 heterocycles. The van der Waals surface area contributed by atoms with E-state index in [0.29, 0.717) is 18.9 Å². The van der Waals surface area contributed by atoms with Gasteiger partial charge in [0.1, 0.15) is 12.5 Å². The highest BCUT2D eigenvalue weighted by molar-refractivity contribution is 5.40. The van der Waals surface area contributed by atoms with E-state index in [-0.39, 0.29) is 0 Å². The fraction of sp³-hybridized carbons (Fsp3) is 0.583. The van der Waals surface area contributed by atoms with Crippen LogP contribution in [0.15, 0.2) is 24.4 Å². The van der Waals surface area contributed by atoms with Crippen LogP contribution in [0.4, 0.5) is 5.82 Å². The Morgan fingerprint density at radius 2 is 2.27 bits per heavy atom. The minimum Gasteiger partial charge on any atom is -0.355 e. The molecule has 0 bridgehead atoms. The van der Waals surface area contributed by atoms with Crippen molar-refractivity contribution in [1.82, 2.24) is 4.98 Å². The lowest BCUT2D eigenvalue weighted by atomic mass is 10.1. The number of nitrogens with zero attached hydrogens (tertiary/aromatic N) is 2. The van der Waals surface area contributed by atoms with Crippen LogP contribution in [0.25, 0.3) is 0 Å². The summed E-state index contributed by atoms with van der Waals surface area (Å²) in [5.74, 6) is 1.84. The Morgan fingerprint density at radius 3 is 2.93 bits per heavy atom. The van der Waals surface area contributed by atoms with Crippen molar-refractivity contribution in [3.63, 3.8) is 0 Å². The summed E-state index contributed by atoms with van der Waals surface area (Å²) in [5, 5.41) is 0. The van der Waals surface area contributed by atoms with Crippen LogP contribution in [0.1, 0.15) is 19.8 Å². The first-order valence-corrected chi connectivity index (χ1v) is 5.65. The summed E-state index contributed by atoms with van der Waals surface area (Å²) in [6, 6.07) is 6.49. The zero-order valence-electron chi connectivity index (χ0n) is 8.97. The molecule has 2 aliphatic rings. The lowest BCUT2D eigenvalue weighted by molar-refractivity contribution is 0.0888. The number of hydrogen-bond acceptors (Lipinski definition) is 3. The van der Waals surface area contributed by atoms with E-state index in [0.717, 1.165) is 11.7 Å². The van der Waals surface area contributed by atoms with Gasteiger partial charge in [0.2, 0.25) is 0 Å². The largest absolute Gasteiger partial charge is 0.355 e. The molecule has 1 aliphatic carbocycles. The van der Waals surface area contributed by atoms with Gasteiger partial charge in [-0.15, -0.1) is 0 Å². The molecule has 1 aliphatic heterocycles. The molecule has 1 saturated carbocycles. The average molecular weight is 204 g/mol. The maximum absolute atomic E-state index is 5.84. The summed E-state index contributed by atoms with van der Waals surface area (Å²) in [6.45, 7) is 2.93. The van der Waals surface area contributed by atoms with Gasteiger partial charge in [-0.1, -0.05) is 6.07 Å². The molecule has 2 fully saturated rings. The third-order valence-corrected chi connectivity index (χ3v) is 3.40. The van der Waals surface area contributed by atoms with Gasteiger partial charge in [-0.05, 0) is 37.8 Å². The third kappa shape index (κ3) is 1.61. The molecule has 0 N–H and O–H groups in total. The number of rotatable bonds is 2. The van der Waals surface area contributed by atoms with Crippen LogP contribution < -0.4 is 4.90 Å². The van der Waals surface area contributed by atoms with Crippen LogP contribution in [-0.2, 0) is 4.74 Å². The van der Waals surface area contributed by atoms with Crippen molar-refractivity contribution < 1.29 is 4.74 Å². The van der Waals surface area contributed by atoms with Gasteiger partial charge in [-0.2, -0.15) is 0 Å². The van der Waals surface area contributed by atoms with Crippen LogP contribution in [0, 0.1) is 5.92 Å². The van der Waals surface area contributed by atoms with E-state index in [1.54, 1.807) is 0 Å². The molecular weight excluding hydrogens is 188 g/mol. The zero-order chi connectivity index (χ0) is 10.3. The Kier molecular flexibility index (Phi) is 2.13. The normalized spacial score (nSPS) is 30.9. The molecule has 2 atom stereocenters. The van der Waals surface area contributed by atoms with Gasteiger partial charge in [-0.25, -0.2) is 4.98 Å². The molecule has 15 heavy (non-hydrogen) atoms. The topological polar surface area (TPSA) is 25.4 Å². The highest BCUT2D eigenvalue weighted by Crippen LogP contribution is 2.40. The summed E-state index contributed by atoms with van der Waals surface area (Å²) >= 11 is 0. The summed E-state index contributed by atoms with van der Waals surface area (Å²) in [7, 11) is 0. The van der Waals surface area contributed by atoms with Crippen LogP contribution in [-0.4, -0.2) is 23.9 Å². The quantitative estimate of drug-likeness (QED) is 0.737. The van der Waals surface area contributed by atoms with Crippen molar-refractivity contribution >= 4 is 5.82 Å². The predicted molar refractivity (Wildman–Crippen MR) is 58.6 cm³/mol. The smallest absolute Gasteiger partial charge is 0.130 e. The molecule has 0 spiro atoms. The van der Waals surface area contributed by atoms with Crippen LogP contribution in [0.2, 0.25) is 0 Å². The summed E-state index contributed by atoms with van der Waals surface area (Å²) in [4.78, 5) is 6.62. The van der Waals surface area contributed by atoms with Gasteiger partial charge in [-0.3, -0.25) is 0 Å². The molecule has 0 radical (unpaired) electrons. The van der Waals surface area contributed by atoms with Crippen molar-refractivity contribution in [3.05, 3.63) is 24.4 Å². The molecule has 3 rings (SSSR count). The Bertz CT molecular complexity index is 337. The van der Waals surface area contributed by atoms with Crippen molar-refractivity contribution in [2.24, 2.45) is 5.92 Å². The van der Waals surface area contributed by atoms with Gasteiger partial charge in [0.05, 0.1) is 12.1 Å². The first-order valence-electron chi connectivity index (χ1n) is 5.65. The van der Waals surface area contributed by atoms with E-state index < -0.39 is 0 Å². The molecular formula is C12H16N2O. The molecule has 1 aromatic heterocycles. The monoisotopic (exact) mass is 204 g/mol. The van der Waals surface area contributed by atoms with E-state index in [2.05, 4.69) is 22.9 Å². The standard InChI is InChI=1S/C12H16N2O/c1-9-12(10-5-6-10)15-8-14(9)11-4-2-3-7-13-11/h2-4,7,9-10,12H,5-6,8H2,1H3. The maximum Gasteiger partial charge on any atom is 0.130 e. The van der Waals surface area contributed by atoms with Gasteiger partial charge >= 0.3 is 0 Å². The predicted octanol–water partition coefficient (Wildman–Crippen LogP) is 2.04. The Balaban J connectivity index is 1.78. The summed E-state index contributed by atoms with van der Waals surface area (Å²) in [6.07, 6.45) is 4.94. The Labute approximate surface area is 90.1 Å². The van der Waals surface area contributed by atoms with E-state index >= 15 is 0 Å². The summed E-state index contributed by atoms with van der Waals surface area (Å²) in [5.41, 5.74) is 0. The summed E-state index contributed by atoms with van der Waals surface area (Å²) < 4.78 is 5.84. The molecule has 0 amide bonds. The second-order valence-electron chi connectivity index (χ2n) is 4.50. The average Bonchev–Trinajstić information content (AvgIpc) is 3.04. The van der Waals surface area contributed by atoms with Gasteiger partial charge in [0.25, 0.3) is 0 Å². The molecule has 2 unspecified atom stereocenters. The third-order valence-electron chi connectivity index (χ3n) is 3.40. The molecule has 80 valence electrons. The minimum atomic E-state index is 0.423. The zero-order valence-corrected chi connectivity index (χ0v) is 8.97. The van der Waals surface area contributed by atoms with Gasteiger partial charge in [0.15, 0.2) is 0 Å². The number of ether oxygens (including phenoxy) is 1. The molecule has 1 aromatic rings. The first-order chi connectivity index (χ1) is 7.36. The first kappa shape index (κ1) is 9.16. The van der Waals surface area contributed by atoms with E-state index in [9.17, 15) is 0 Å². The Hall–Kier alpha value is -1.09. The molecule has 1 saturated heterocycles.